The Kier molecular flexibility index (Phi) is 7.45. The van der Waals surface area contributed by atoms with Crippen LogP contribution in [0.25, 0.3) is 0 Å². The van der Waals surface area contributed by atoms with Gasteiger partial charge in [0.2, 0.25) is 0 Å². The van der Waals surface area contributed by atoms with Gasteiger partial charge < -0.3 is 10.6 Å². The van der Waals surface area contributed by atoms with Gasteiger partial charge in [-0.25, -0.2) is 0 Å². The van der Waals surface area contributed by atoms with Crippen LogP contribution in [0.1, 0.15) is 57.1 Å². The van der Waals surface area contributed by atoms with Crippen molar-refractivity contribution in [2.45, 2.75) is 51.4 Å². The molecule has 0 saturated heterocycles. The third kappa shape index (κ3) is 4.81. The predicted octanol–water partition coefficient (Wildman–Crippen LogP) is 5.49. The molecule has 0 heterocycles. The molecule has 0 amide bonds. The average molecular weight is 405 g/mol. The number of carbonyl (C=O) groups is 2. The summed E-state index contributed by atoms with van der Waals surface area (Å²) in [6.07, 6.45) is 7.51. The highest BCUT2D eigenvalue weighted by molar-refractivity contribution is 6.12. The number of nitrogens with one attached hydrogen (secondary N) is 2. The molecule has 4 heteroatoms. The first-order valence-corrected chi connectivity index (χ1v) is 11.0. The molecule has 0 atom stereocenters. The number of ketones is 2. The number of rotatable bonds is 10. The lowest BCUT2D eigenvalue weighted by molar-refractivity contribution is -0.125. The van der Waals surface area contributed by atoms with Crippen LogP contribution in [0, 0.1) is 0 Å². The second-order valence-corrected chi connectivity index (χ2v) is 7.96. The van der Waals surface area contributed by atoms with E-state index in [-0.39, 0.29) is 18.0 Å². The van der Waals surface area contributed by atoms with E-state index in [9.17, 15) is 9.59 Å². The second-order valence-electron chi connectivity index (χ2n) is 7.96. The van der Waals surface area contributed by atoms with Gasteiger partial charge in [0.25, 0.3) is 0 Å². The molecule has 30 heavy (non-hydrogen) atoms. The molecule has 4 nitrogen and oxygen atoms in total. The van der Waals surface area contributed by atoms with Gasteiger partial charge in [-0.1, -0.05) is 51.0 Å². The molecule has 3 rings (SSSR count). The lowest BCUT2D eigenvalue weighted by Gasteiger charge is -2.34. The van der Waals surface area contributed by atoms with Gasteiger partial charge >= 0.3 is 0 Å². The van der Waals surface area contributed by atoms with Gasteiger partial charge in [0.15, 0.2) is 11.6 Å². The van der Waals surface area contributed by atoms with Gasteiger partial charge in [0.05, 0.1) is 5.41 Å². The van der Waals surface area contributed by atoms with Crippen LogP contribution in [0.3, 0.4) is 0 Å². The van der Waals surface area contributed by atoms with Crippen LogP contribution >= 0.6 is 0 Å². The number of hydrogen-bond acceptors (Lipinski definition) is 4. The van der Waals surface area contributed by atoms with Crippen molar-refractivity contribution in [2.75, 3.05) is 23.7 Å². The second kappa shape index (κ2) is 10.2. The summed E-state index contributed by atoms with van der Waals surface area (Å²) in [4.78, 5) is 25.6. The minimum atomic E-state index is -0.963. The maximum absolute atomic E-state index is 13.2. The molecule has 0 spiro atoms. The lowest BCUT2D eigenvalue weighted by Crippen LogP contribution is -2.40. The fraction of sp³-hybridized carbons (Fsp3) is 0.385. The van der Waals surface area contributed by atoms with Gasteiger partial charge in [0, 0.05) is 30.9 Å². The molecule has 2 N–H and O–H groups in total. The van der Waals surface area contributed by atoms with E-state index in [2.05, 4.69) is 24.5 Å². The molecule has 0 aromatic heterocycles. The Morgan fingerprint density at radius 1 is 0.733 bits per heavy atom. The average Bonchev–Trinajstić information content (AvgIpc) is 2.77. The summed E-state index contributed by atoms with van der Waals surface area (Å²) in [7, 11) is 0. The summed E-state index contributed by atoms with van der Waals surface area (Å²) in [5.41, 5.74) is 2.82. The van der Waals surface area contributed by atoms with Crippen molar-refractivity contribution in [1.29, 1.82) is 0 Å². The summed E-state index contributed by atoms with van der Waals surface area (Å²) in [6, 6.07) is 15.9. The molecule has 2 aromatic carbocycles. The minimum Gasteiger partial charge on any atom is -0.385 e. The van der Waals surface area contributed by atoms with Crippen molar-refractivity contribution in [3.8, 4) is 0 Å². The Morgan fingerprint density at radius 3 is 1.63 bits per heavy atom. The molecule has 1 aliphatic carbocycles. The predicted molar refractivity (Wildman–Crippen MR) is 124 cm³/mol. The SMILES string of the molecule is CCCCNc1ccc(C2(c3ccc(NCCCC)cc3)CC(=O)C=CC2=O)cc1. The molecule has 158 valence electrons. The number of allylic oxidation sites excluding steroid dienone is 2. The van der Waals surface area contributed by atoms with Crippen LogP contribution in [0.15, 0.2) is 60.7 Å². The summed E-state index contributed by atoms with van der Waals surface area (Å²) < 4.78 is 0. The van der Waals surface area contributed by atoms with Crippen LogP contribution in [0.4, 0.5) is 11.4 Å². The van der Waals surface area contributed by atoms with Crippen LogP contribution in [-0.2, 0) is 15.0 Å². The topological polar surface area (TPSA) is 58.2 Å². The van der Waals surface area contributed by atoms with E-state index in [1.807, 2.05) is 48.5 Å². The number of unbranched alkanes of at least 4 members (excludes halogenated alkanes) is 2. The zero-order valence-corrected chi connectivity index (χ0v) is 18.0. The maximum Gasteiger partial charge on any atom is 0.171 e. The molecule has 2 aromatic rings. The molecule has 0 aliphatic heterocycles. The molecular weight excluding hydrogens is 372 g/mol. The number of benzene rings is 2. The van der Waals surface area contributed by atoms with Gasteiger partial charge in [0.1, 0.15) is 0 Å². The van der Waals surface area contributed by atoms with Crippen molar-refractivity contribution < 1.29 is 9.59 Å². The summed E-state index contributed by atoms with van der Waals surface area (Å²) in [5.74, 6) is -0.0645. The van der Waals surface area contributed by atoms with E-state index in [0.717, 1.165) is 61.3 Å². The first-order chi connectivity index (χ1) is 14.6. The van der Waals surface area contributed by atoms with Crippen LogP contribution in [0.2, 0.25) is 0 Å². The summed E-state index contributed by atoms with van der Waals surface area (Å²) in [5, 5.41) is 6.81. The Bertz CT molecular complexity index is 829. The fourth-order valence-corrected chi connectivity index (χ4v) is 3.94. The van der Waals surface area contributed by atoms with E-state index in [0.29, 0.717) is 0 Å². The van der Waals surface area contributed by atoms with Crippen LogP contribution in [0.5, 0.6) is 0 Å². The normalized spacial score (nSPS) is 15.3. The van der Waals surface area contributed by atoms with Crippen molar-refractivity contribution in [3.05, 3.63) is 71.8 Å². The first kappa shape index (κ1) is 21.8. The van der Waals surface area contributed by atoms with E-state index < -0.39 is 5.41 Å². The monoisotopic (exact) mass is 404 g/mol. The highest BCUT2D eigenvalue weighted by Crippen LogP contribution is 2.40. The zero-order chi connectivity index (χ0) is 21.4. The highest BCUT2D eigenvalue weighted by atomic mass is 16.1. The van der Waals surface area contributed by atoms with Gasteiger partial charge in [-0.2, -0.15) is 0 Å². The van der Waals surface area contributed by atoms with E-state index in [4.69, 9.17) is 0 Å². The number of anilines is 2. The fourth-order valence-electron chi connectivity index (χ4n) is 3.94. The van der Waals surface area contributed by atoms with Gasteiger partial charge in [-0.3, -0.25) is 9.59 Å². The quantitative estimate of drug-likeness (QED) is 0.514. The smallest absolute Gasteiger partial charge is 0.171 e. The molecule has 1 aliphatic rings. The summed E-state index contributed by atoms with van der Waals surface area (Å²) in [6.45, 7) is 6.18. The first-order valence-electron chi connectivity index (χ1n) is 11.0. The van der Waals surface area contributed by atoms with Gasteiger partial charge in [-0.05, 0) is 60.4 Å². The Labute approximate surface area is 179 Å². The third-order valence-corrected chi connectivity index (χ3v) is 5.75. The molecule has 0 radical (unpaired) electrons. The lowest BCUT2D eigenvalue weighted by atomic mass is 9.66. The number of hydrogen-bond donors (Lipinski definition) is 2. The molecule has 0 bridgehead atoms. The van der Waals surface area contributed by atoms with Crippen molar-refractivity contribution in [1.82, 2.24) is 0 Å². The molecule has 0 unspecified atom stereocenters. The van der Waals surface area contributed by atoms with E-state index in [1.165, 1.54) is 12.2 Å². The van der Waals surface area contributed by atoms with Crippen molar-refractivity contribution in [3.63, 3.8) is 0 Å². The maximum atomic E-state index is 13.2. The van der Waals surface area contributed by atoms with Crippen LogP contribution in [-0.4, -0.2) is 24.7 Å². The Balaban J connectivity index is 1.92. The molecule has 0 fully saturated rings. The third-order valence-electron chi connectivity index (χ3n) is 5.75. The largest absolute Gasteiger partial charge is 0.385 e. The van der Waals surface area contributed by atoms with Crippen molar-refractivity contribution >= 4 is 22.9 Å². The van der Waals surface area contributed by atoms with E-state index in [1.54, 1.807) is 0 Å². The zero-order valence-electron chi connectivity index (χ0n) is 18.0. The molecular formula is C26H32N2O2. The number of carbonyl (C=O) groups excluding carboxylic acids is 2. The van der Waals surface area contributed by atoms with Crippen molar-refractivity contribution in [2.24, 2.45) is 0 Å². The minimum absolute atomic E-state index is 0.0232. The standard InChI is InChI=1S/C26H32N2O2/c1-3-5-17-27-22-11-7-20(8-12-22)26(19-24(29)15-16-25(26)30)21-9-13-23(14-10-21)28-18-6-4-2/h7-16,27-28H,3-6,17-19H2,1-2H3. The Hall–Kier alpha value is -2.88. The Morgan fingerprint density at radius 2 is 1.20 bits per heavy atom. The highest BCUT2D eigenvalue weighted by Gasteiger charge is 2.44. The van der Waals surface area contributed by atoms with Crippen LogP contribution < -0.4 is 10.6 Å². The molecule has 0 saturated carbocycles. The summed E-state index contributed by atoms with van der Waals surface area (Å²) >= 11 is 0. The van der Waals surface area contributed by atoms with E-state index >= 15 is 0 Å². The van der Waals surface area contributed by atoms with Gasteiger partial charge in [-0.15, -0.1) is 0 Å².